The molecule has 14 heavy (non-hydrogen) atoms. The van der Waals surface area contributed by atoms with Gasteiger partial charge in [-0.15, -0.1) is 0 Å². The lowest BCUT2D eigenvalue weighted by Crippen LogP contribution is -1.98. The minimum absolute atomic E-state index is 0.0983. The first-order valence-corrected chi connectivity index (χ1v) is 4.23. The average Bonchev–Trinajstić information content (AvgIpc) is 2.66. The third-order valence-corrected chi connectivity index (χ3v) is 1.59. The van der Waals surface area contributed by atoms with Crippen molar-refractivity contribution in [3.05, 3.63) is 29.7 Å². The van der Waals surface area contributed by atoms with Crippen LogP contribution in [-0.4, -0.2) is 24.8 Å². The molecule has 0 aliphatic carbocycles. The van der Waals surface area contributed by atoms with E-state index in [1.54, 1.807) is 24.3 Å². The van der Waals surface area contributed by atoms with Crippen LogP contribution in [0.3, 0.4) is 0 Å². The van der Waals surface area contributed by atoms with Gasteiger partial charge in [0.05, 0.1) is 7.11 Å². The highest BCUT2D eigenvalue weighted by Gasteiger charge is 2.08. The molecule has 0 atom stereocenters. The van der Waals surface area contributed by atoms with E-state index in [9.17, 15) is 4.79 Å². The summed E-state index contributed by atoms with van der Waals surface area (Å²) in [7, 11) is 1.30. The third kappa shape index (κ3) is 2.74. The first-order valence-electron chi connectivity index (χ1n) is 4.23. The Balaban J connectivity index is 2.63. The highest BCUT2D eigenvalue weighted by atomic mass is 16.5. The van der Waals surface area contributed by atoms with Crippen LogP contribution in [-0.2, 0) is 4.74 Å². The van der Waals surface area contributed by atoms with Gasteiger partial charge in [0.25, 0.3) is 0 Å². The molecule has 1 aromatic rings. The van der Waals surface area contributed by atoms with Crippen LogP contribution in [0.1, 0.15) is 22.7 Å². The molecule has 1 N–H and O–H groups in total. The summed E-state index contributed by atoms with van der Waals surface area (Å²) in [6.07, 6.45) is 4.02. The van der Waals surface area contributed by atoms with Gasteiger partial charge >= 0.3 is 5.97 Å². The minimum atomic E-state index is -0.494. The van der Waals surface area contributed by atoms with E-state index in [-0.39, 0.29) is 12.4 Å². The maximum atomic E-state index is 11.0. The summed E-state index contributed by atoms with van der Waals surface area (Å²) >= 11 is 0. The van der Waals surface area contributed by atoms with Gasteiger partial charge in [-0.2, -0.15) is 0 Å². The van der Waals surface area contributed by atoms with Gasteiger partial charge < -0.3 is 14.3 Å². The molecule has 0 spiro atoms. The number of hydrogen-bond donors (Lipinski definition) is 1. The van der Waals surface area contributed by atoms with Crippen LogP contribution in [0.4, 0.5) is 0 Å². The topological polar surface area (TPSA) is 59.7 Å². The molecule has 0 aliphatic heterocycles. The largest absolute Gasteiger partial charge is 0.463 e. The van der Waals surface area contributed by atoms with E-state index in [0.29, 0.717) is 12.2 Å². The molecule has 1 heterocycles. The number of esters is 1. The van der Waals surface area contributed by atoms with Crippen molar-refractivity contribution >= 4 is 12.0 Å². The molecular weight excluding hydrogens is 184 g/mol. The second-order valence-electron chi connectivity index (χ2n) is 2.61. The molecule has 0 radical (unpaired) electrons. The van der Waals surface area contributed by atoms with Crippen LogP contribution in [0.25, 0.3) is 6.08 Å². The third-order valence-electron chi connectivity index (χ3n) is 1.59. The van der Waals surface area contributed by atoms with Crippen LogP contribution in [0.2, 0.25) is 0 Å². The van der Waals surface area contributed by atoms with Crippen LogP contribution in [0, 0.1) is 0 Å². The number of carbonyl (C=O) groups is 1. The molecule has 1 aromatic heterocycles. The van der Waals surface area contributed by atoms with E-state index in [1.807, 2.05) is 0 Å². The number of furan rings is 1. The fourth-order valence-corrected chi connectivity index (χ4v) is 0.927. The lowest BCUT2D eigenvalue weighted by atomic mass is 10.3. The molecule has 0 aliphatic rings. The van der Waals surface area contributed by atoms with Gasteiger partial charge in [0, 0.05) is 6.61 Å². The molecule has 0 fully saturated rings. The summed E-state index contributed by atoms with van der Waals surface area (Å²) in [5.74, 6) is 0.252. The predicted molar refractivity (Wildman–Crippen MR) is 50.8 cm³/mol. The molecule has 4 nitrogen and oxygen atoms in total. The van der Waals surface area contributed by atoms with Gasteiger partial charge in [-0.3, -0.25) is 0 Å². The highest BCUT2D eigenvalue weighted by molar-refractivity contribution is 5.86. The number of hydrogen-bond acceptors (Lipinski definition) is 4. The van der Waals surface area contributed by atoms with Crippen LogP contribution in [0.15, 0.2) is 22.6 Å². The van der Waals surface area contributed by atoms with Crippen molar-refractivity contribution in [2.45, 2.75) is 6.42 Å². The summed E-state index contributed by atoms with van der Waals surface area (Å²) in [5, 5.41) is 8.52. The molecule has 0 bridgehead atoms. The number of aliphatic hydroxyl groups excluding tert-OH is 1. The van der Waals surface area contributed by atoms with Gasteiger partial charge in [0.2, 0.25) is 5.76 Å². The van der Waals surface area contributed by atoms with E-state index < -0.39 is 5.97 Å². The molecular formula is C10H12O4. The van der Waals surface area contributed by atoms with E-state index in [4.69, 9.17) is 9.52 Å². The maximum absolute atomic E-state index is 11.0. The maximum Gasteiger partial charge on any atom is 0.373 e. The van der Waals surface area contributed by atoms with Crippen LogP contribution < -0.4 is 0 Å². The van der Waals surface area contributed by atoms with Crippen molar-refractivity contribution in [2.75, 3.05) is 13.7 Å². The fourth-order valence-electron chi connectivity index (χ4n) is 0.927. The van der Waals surface area contributed by atoms with Gasteiger partial charge in [-0.1, -0.05) is 6.08 Å². The van der Waals surface area contributed by atoms with Crippen molar-refractivity contribution in [3.63, 3.8) is 0 Å². The summed E-state index contributed by atoms with van der Waals surface area (Å²) in [4.78, 5) is 11.0. The second kappa shape index (κ2) is 5.24. The summed E-state index contributed by atoms with van der Waals surface area (Å²) in [6.45, 7) is 0.0983. The number of rotatable bonds is 4. The lowest BCUT2D eigenvalue weighted by Gasteiger charge is -1.91. The zero-order valence-corrected chi connectivity index (χ0v) is 7.90. The summed E-state index contributed by atoms with van der Waals surface area (Å²) in [6, 6.07) is 3.21. The molecule has 0 saturated heterocycles. The van der Waals surface area contributed by atoms with E-state index in [1.165, 1.54) is 7.11 Å². The minimum Gasteiger partial charge on any atom is -0.463 e. The van der Waals surface area contributed by atoms with E-state index in [2.05, 4.69) is 4.74 Å². The monoisotopic (exact) mass is 196 g/mol. The molecule has 0 saturated carbocycles. The predicted octanol–water partition coefficient (Wildman–Crippen LogP) is 1.46. The van der Waals surface area contributed by atoms with Crippen molar-refractivity contribution in [1.82, 2.24) is 0 Å². The Hall–Kier alpha value is -1.55. The number of aliphatic hydroxyl groups is 1. The van der Waals surface area contributed by atoms with Crippen LogP contribution >= 0.6 is 0 Å². The fraction of sp³-hybridized carbons (Fsp3) is 0.300. The number of carbonyl (C=O) groups excluding carboxylic acids is 1. The normalized spacial score (nSPS) is 10.7. The van der Waals surface area contributed by atoms with Crippen LogP contribution in [0.5, 0.6) is 0 Å². The summed E-state index contributed by atoms with van der Waals surface area (Å²) < 4.78 is 9.62. The average molecular weight is 196 g/mol. The molecule has 1 rings (SSSR count). The van der Waals surface area contributed by atoms with Crippen molar-refractivity contribution in [3.8, 4) is 0 Å². The van der Waals surface area contributed by atoms with Gasteiger partial charge in [-0.05, 0) is 24.6 Å². The zero-order chi connectivity index (χ0) is 10.4. The first-order chi connectivity index (χ1) is 6.77. The first kappa shape index (κ1) is 10.5. The Bertz CT molecular complexity index is 325. The summed E-state index contributed by atoms with van der Waals surface area (Å²) in [5.41, 5.74) is 0. The van der Waals surface area contributed by atoms with E-state index in [0.717, 1.165) is 0 Å². The van der Waals surface area contributed by atoms with Crippen molar-refractivity contribution < 1.29 is 19.1 Å². The Kier molecular flexibility index (Phi) is 3.94. The number of ether oxygens (including phenoxy) is 1. The number of methoxy groups -OCH3 is 1. The Labute approximate surface area is 81.8 Å². The smallest absolute Gasteiger partial charge is 0.373 e. The molecule has 0 unspecified atom stereocenters. The van der Waals surface area contributed by atoms with Gasteiger partial charge in [0.15, 0.2) is 0 Å². The molecule has 0 amide bonds. The molecule has 0 aromatic carbocycles. The van der Waals surface area contributed by atoms with Gasteiger partial charge in [-0.25, -0.2) is 4.79 Å². The Morgan fingerprint density at radius 3 is 3.07 bits per heavy atom. The van der Waals surface area contributed by atoms with E-state index >= 15 is 0 Å². The molecule has 76 valence electrons. The Morgan fingerprint density at radius 2 is 2.43 bits per heavy atom. The van der Waals surface area contributed by atoms with Gasteiger partial charge in [0.1, 0.15) is 5.76 Å². The second-order valence-corrected chi connectivity index (χ2v) is 2.61. The SMILES string of the molecule is COC(=O)c1ccc(C=CCCO)o1. The standard InChI is InChI=1S/C10H12O4/c1-13-10(12)9-6-5-8(14-9)4-2-3-7-11/h2,4-6,11H,3,7H2,1H3. The quantitative estimate of drug-likeness (QED) is 0.740. The van der Waals surface area contributed by atoms with Crippen molar-refractivity contribution in [2.24, 2.45) is 0 Å². The highest BCUT2D eigenvalue weighted by Crippen LogP contribution is 2.10. The van der Waals surface area contributed by atoms with Crippen molar-refractivity contribution in [1.29, 1.82) is 0 Å². The Morgan fingerprint density at radius 1 is 1.64 bits per heavy atom. The lowest BCUT2D eigenvalue weighted by molar-refractivity contribution is 0.0564. The molecule has 4 heteroatoms. The zero-order valence-electron chi connectivity index (χ0n) is 7.90.